The third-order valence-corrected chi connectivity index (χ3v) is 4.56. The molecular weight excluding hydrogens is 316 g/mol. The van der Waals surface area contributed by atoms with Crippen LogP contribution in [0.3, 0.4) is 0 Å². The number of carbonyl (C=O) groups is 2. The summed E-state index contributed by atoms with van der Waals surface area (Å²) in [7, 11) is 3.37. The number of ether oxygens (including phenoxy) is 1. The Morgan fingerprint density at radius 3 is 2.76 bits per heavy atom. The Labute approximate surface area is 147 Å². The van der Waals surface area contributed by atoms with Crippen molar-refractivity contribution in [1.29, 1.82) is 0 Å². The number of anilines is 1. The number of hydrogen-bond donors (Lipinski definition) is 1. The Morgan fingerprint density at radius 2 is 2.00 bits per heavy atom. The van der Waals surface area contributed by atoms with E-state index >= 15 is 0 Å². The van der Waals surface area contributed by atoms with E-state index in [0.29, 0.717) is 6.54 Å². The Morgan fingerprint density at radius 1 is 1.24 bits per heavy atom. The number of para-hydroxylation sites is 1. The summed E-state index contributed by atoms with van der Waals surface area (Å²) in [5, 5.41) is 2.84. The fourth-order valence-corrected chi connectivity index (χ4v) is 3.18. The molecule has 130 valence electrons. The van der Waals surface area contributed by atoms with Crippen molar-refractivity contribution >= 4 is 17.5 Å². The lowest BCUT2D eigenvalue weighted by Crippen LogP contribution is -2.29. The second-order valence-corrected chi connectivity index (χ2v) is 6.40. The monoisotopic (exact) mass is 338 g/mol. The lowest BCUT2D eigenvalue weighted by molar-refractivity contribution is -0.132. The summed E-state index contributed by atoms with van der Waals surface area (Å²) in [5.41, 5.74) is 3.76. The fraction of sp³-hybridized carbons (Fsp3) is 0.300. The molecule has 2 amide bonds. The second-order valence-electron chi connectivity index (χ2n) is 6.40. The molecule has 1 aliphatic rings. The van der Waals surface area contributed by atoms with Gasteiger partial charge in [-0.1, -0.05) is 35.9 Å². The number of amides is 2. The quantitative estimate of drug-likeness (QED) is 0.911. The average molecular weight is 338 g/mol. The molecular formula is C20H22N2O3. The summed E-state index contributed by atoms with van der Waals surface area (Å²) < 4.78 is 5.38. The molecule has 1 aliphatic heterocycles. The van der Waals surface area contributed by atoms with Crippen LogP contribution in [0.1, 0.15) is 29.0 Å². The van der Waals surface area contributed by atoms with Crippen LogP contribution >= 0.6 is 0 Å². The van der Waals surface area contributed by atoms with Crippen molar-refractivity contribution in [2.45, 2.75) is 25.8 Å². The third-order valence-electron chi connectivity index (χ3n) is 4.56. The lowest BCUT2D eigenvalue weighted by Gasteiger charge is -2.20. The van der Waals surface area contributed by atoms with Crippen LogP contribution in [-0.4, -0.2) is 30.9 Å². The first kappa shape index (κ1) is 17.0. The predicted molar refractivity (Wildman–Crippen MR) is 96.6 cm³/mol. The van der Waals surface area contributed by atoms with E-state index in [-0.39, 0.29) is 18.2 Å². The van der Waals surface area contributed by atoms with Crippen LogP contribution in [0.2, 0.25) is 0 Å². The Balaban J connectivity index is 1.72. The predicted octanol–water partition coefficient (Wildman–Crippen LogP) is 3.09. The van der Waals surface area contributed by atoms with Crippen molar-refractivity contribution in [3.63, 3.8) is 0 Å². The van der Waals surface area contributed by atoms with Gasteiger partial charge in [0.25, 0.3) is 0 Å². The topological polar surface area (TPSA) is 58.6 Å². The molecule has 0 bridgehead atoms. The summed E-state index contributed by atoms with van der Waals surface area (Å²) in [4.78, 5) is 26.5. The molecule has 2 aromatic rings. The first-order chi connectivity index (χ1) is 12.0. The van der Waals surface area contributed by atoms with Gasteiger partial charge in [0.15, 0.2) is 0 Å². The highest BCUT2D eigenvalue weighted by Crippen LogP contribution is 2.34. The minimum atomic E-state index is -0.425. The Kier molecular flexibility index (Phi) is 4.74. The maximum atomic E-state index is 12.6. The minimum Gasteiger partial charge on any atom is -0.496 e. The molecule has 5 nitrogen and oxygen atoms in total. The number of hydrogen-bond acceptors (Lipinski definition) is 3. The largest absolute Gasteiger partial charge is 0.496 e. The molecule has 0 spiro atoms. The van der Waals surface area contributed by atoms with Crippen LogP contribution in [0.5, 0.6) is 5.75 Å². The summed E-state index contributed by atoms with van der Waals surface area (Å²) in [6.45, 7) is 2.45. The molecule has 0 aromatic heterocycles. The highest BCUT2D eigenvalue weighted by molar-refractivity contribution is 6.04. The lowest BCUT2D eigenvalue weighted by atomic mass is 9.96. The molecule has 3 rings (SSSR count). The fourth-order valence-electron chi connectivity index (χ4n) is 3.18. The van der Waals surface area contributed by atoms with E-state index in [4.69, 9.17) is 4.74 Å². The smallest absolute Gasteiger partial charge is 0.232 e. The van der Waals surface area contributed by atoms with Crippen molar-refractivity contribution in [2.75, 3.05) is 19.5 Å². The zero-order chi connectivity index (χ0) is 18.0. The van der Waals surface area contributed by atoms with Crippen LogP contribution in [0.4, 0.5) is 5.69 Å². The van der Waals surface area contributed by atoms with Gasteiger partial charge in [-0.25, -0.2) is 0 Å². The van der Waals surface area contributed by atoms with Crippen LogP contribution in [-0.2, 0) is 16.1 Å². The number of aryl methyl sites for hydroxylation is 1. The van der Waals surface area contributed by atoms with Gasteiger partial charge >= 0.3 is 0 Å². The number of nitrogens with one attached hydrogen (secondary N) is 1. The van der Waals surface area contributed by atoms with Gasteiger partial charge in [-0.15, -0.1) is 0 Å². The molecule has 0 aliphatic carbocycles. The van der Waals surface area contributed by atoms with Gasteiger partial charge in [0.1, 0.15) is 5.75 Å². The summed E-state index contributed by atoms with van der Waals surface area (Å²) in [6.07, 6.45) is 0.160. The van der Waals surface area contributed by atoms with Crippen LogP contribution in [0.15, 0.2) is 42.5 Å². The number of benzene rings is 2. The molecule has 0 saturated carbocycles. The molecule has 1 heterocycles. The van der Waals surface area contributed by atoms with Gasteiger partial charge in [0.05, 0.1) is 13.0 Å². The second kappa shape index (κ2) is 6.97. The van der Waals surface area contributed by atoms with Gasteiger partial charge in [-0.3, -0.25) is 9.59 Å². The van der Waals surface area contributed by atoms with E-state index in [1.807, 2.05) is 49.4 Å². The van der Waals surface area contributed by atoms with E-state index < -0.39 is 5.92 Å². The average Bonchev–Trinajstić information content (AvgIpc) is 2.91. The zero-order valence-corrected chi connectivity index (χ0v) is 14.7. The molecule has 0 saturated heterocycles. The van der Waals surface area contributed by atoms with E-state index in [2.05, 4.69) is 5.32 Å². The summed E-state index contributed by atoms with van der Waals surface area (Å²) in [5.74, 6) is 0.149. The van der Waals surface area contributed by atoms with Crippen LogP contribution in [0.25, 0.3) is 0 Å². The number of fused-ring (bicyclic) bond motifs is 1. The van der Waals surface area contributed by atoms with E-state index in [0.717, 1.165) is 28.1 Å². The SMILES string of the molecule is COc1ccc(C)cc1CN(C)C(=O)CC1C(=O)Nc2ccccc21. The van der Waals surface area contributed by atoms with Crippen molar-refractivity contribution in [3.05, 3.63) is 59.2 Å². The Bertz CT molecular complexity index is 816. The van der Waals surface area contributed by atoms with Gasteiger partial charge in [0.2, 0.25) is 11.8 Å². The maximum Gasteiger partial charge on any atom is 0.232 e. The molecule has 0 fully saturated rings. The van der Waals surface area contributed by atoms with Crippen molar-refractivity contribution in [1.82, 2.24) is 4.90 Å². The molecule has 2 aromatic carbocycles. The molecule has 25 heavy (non-hydrogen) atoms. The van der Waals surface area contributed by atoms with Crippen LogP contribution in [0, 0.1) is 6.92 Å². The molecule has 1 atom stereocenters. The summed E-state index contributed by atoms with van der Waals surface area (Å²) in [6, 6.07) is 13.4. The van der Waals surface area contributed by atoms with Gasteiger partial charge in [-0.2, -0.15) is 0 Å². The highest BCUT2D eigenvalue weighted by Gasteiger charge is 2.32. The number of nitrogens with zero attached hydrogens (tertiary/aromatic N) is 1. The number of rotatable bonds is 5. The standard InChI is InChI=1S/C20H22N2O3/c1-13-8-9-18(25-3)14(10-13)12-22(2)19(23)11-16-15-6-4-5-7-17(15)21-20(16)24/h4-10,16H,11-12H2,1-3H3,(H,21,24). The Hall–Kier alpha value is -2.82. The van der Waals surface area contributed by atoms with Gasteiger partial charge < -0.3 is 15.0 Å². The third kappa shape index (κ3) is 3.50. The van der Waals surface area contributed by atoms with Crippen molar-refractivity contribution < 1.29 is 14.3 Å². The minimum absolute atomic E-state index is 0.0691. The zero-order valence-electron chi connectivity index (χ0n) is 14.7. The summed E-state index contributed by atoms with van der Waals surface area (Å²) >= 11 is 0. The first-order valence-corrected chi connectivity index (χ1v) is 8.27. The molecule has 1 N–H and O–H groups in total. The molecule has 1 unspecified atom stereocenters. The van der Waals surface area contributed by atoms with E-state index in [1.54, 1.807) is 19.1 Å². The molecule has 5 heteroatoms. The number of methoxy groups -OCH3 is 1. The highest BCUT2D eigenvalue weighted by atomic mass is 16.5. The first-order valence-electron chi connectivity index (χ1n) is 8.27. The van der Waals surface area contributed by atoms with Gasteiger partial charge in [0, 0.05) is 31.3 Å². The van der Waals surface area contributed by atoms with E-state index in [9.17, 15) is 9.59 Å². The normalized spacial score (nSPS) is 15.5. The van der Waals surface area contributed by atoms with Gasteiger partial charge in [-0.05, 0) is 24.6 Å². The van der Waals surface area contributed by atoms with E-state index in [1.165, 1.54) is 0 Å². The maximum absolute atomic E-state index is 12.6. The number of carbonyl (C=O) groups excluding carboxylic acids is 2. The van der Waals surface area contributed by atoms with Crippen molar-refractivity contribution in [2.24, 2.45) is 0 Å². The van der Waals surface area contributed by atoms with Crippen LogP contribution < -0.4 is 10.1 Å². The molecule has 0 radical (unpaired) electrons. The van der Waals surface area contributed by atoms with Crippen molar-refractivity contribution in [3.8, 4) is 5.75 Å².